The summed E-state index contributed by atoms with van der Waals surface area (Å²) in [6.07, 6.45) is 1.29. The van der Waals surface area contributed by atoms with Crippen LogP contribution < -0.4 is 10.2 Å². The van der Waals surface area contributed by atoms with E-state index in [4.69, 9.17) is 4.74 Å². The molecule has 3 rings (SSSR count). The molecule has 0 aliphatic carbocycles. The highest BCUT2D eigenvalue weighted by molar-refractivity contribution is 6.01. The Morgan fingerprint density at radius 3 is 2.35 bits per heavy atom. The molecule has 0 radical (unpaired) electrons. The van der Waals surface area contributed by atoms with Gasteiger partial charge in [-0.15, -0.1) is 0 Å². The summed E-state index contributed by atoms with van der Waals surface area (Å²) in [5.41, 5.74) is 1.36. The molecule has 0 unspecified atom stereocenters. The molecule has 7 heteroatoms. The maximum absolute atomic E-state index is 12.4. The maximum atomic E-state index is 12.4. The number of hydrogen-bond donors (Lipinski definition) is 1. The number of nitrogens with zero attached hydrogens (tertiary/aromatic N) is 1. The van der Waals surface area contributed by atoms with Crippen molar-refractivity contribution in [2.45, 2.75) is 33.6 Å². The Labute approximate surface area is 181 Å². The third-order valence-electron chi connectivity index (χ3n) is 4.95. The van der Waals surface area contributed by atoms with E-state index >= 15 is 0 Å². The summed E-state index contributed by atoms with van der Waals surface area (Å²) in [7, 11) is 0. The number of carbonyl (C=O) groups is 4. The Morgan fingerprint density at radius 2 is 1.74 bits per heavy atom. The fourth-order valence-corrected chi connectivity index (χ4v) is 3.08. The average molecular weight is 422 g/mol. The van der Waals surface area contributed by atoms with Crippen LogP contribution in [0.1, 0.15) is 54.3 Å². The number of ketones is 1. The number of hydrogen-bond acceptors (Lipinski definition) is 5. The molecule has 31 heavy (non-hydrogen) atoms. The number of nitrogens with one attached hydrogen (secondary N) is 1. The lowest BCUT2D eigenvalue weighted by molar-refractivity contribution is -0.123. The fourth-order valence-electron chi connectivity index (χ4n) is 3.08. The van der Waals surface area contributed by atoms with Crippen molar-refractivity contribution in [3.05, 3.63) is 59.7 Å². The molecule has 0 saturated carbocycles. The number of esters is 1. The minimum atomic E-state index is -0.629. The smallest absolute Gasteiger partial charge is 0.338 e. The predicted octanol–water partition coefficient (Wildman–Crippen LogP) is 3.84. The first kappa shape index (κ1) is 22.2. The fraction of sp³-hybridized carbons (Fsp3) is 0.333. The highest BCUT2D eigenvalue weighted by Crippen LogP contribution is 2.23. The van der Waals surface area contributed by atoms with Crippen LogP contribution in [-0.2, 0) is 14.3 Å². The van der Waals surface area contributed by atoms with Gasteiger partial charge in [0, 0.05) is 35.3 Å². The van der Waals surface area contributed by atoms with Crippen LogP contribution >= 0.6 is 0 Å². The average Bonchev–Trinajstić information content (AvgIpc) is 3.17. The number of Topliss-reactive ketones (excluding diaryl/α,β-unsaturated/α-hetero) is 1. The van der Waals surface area contributed by atoms with E-state index in [-0.39, 0.29) is 23.2 Å². The third-order valence-corrected chi connectivity index (χ3v) is 4.95. The number of ether oxygens (including phenoxy) is 1. The summed E-state index contributed by atoms with van der Waals surface area (Å²) in [5, 5.41) is 2.79. The van der Waals surface area contributed by atoms with Gasteiger partial charge < -0.3 is 15.0 Å². The van der Waals surface area contributed by atoms with Crippen LogP contribution in [0.3, 0.4) is 0 Å². The Morgan fingerprint density at radius 1 is 1.03 bits per heavy atom. The highest BCUT2D eigenvalue weighted by Gasteiger charge is 2.23. The molecule has 1 N–H and O–H groups in total. The molecule has 0 aromatic heterocycles. The van der Waals surface area contributed by atoms with Crippen molar-refractivity contribution in [1.82, 2.24) is 0 Å². The molecule has 2 amide bonds. The lowest BCUT2D eigenvalue weighted by Gasteiger charge is -2.17. The van der Waals surface area contributed by atoms with Gasteiger partial charge >= 0.3 is 5.97 Å². The van der Waals surface area contributed by atoms with Gasteiger partial charge in [0.2, 0.25) is 11.8 Å². The van der Waals surface area contributed by atoms with Crippen LogP contribution in [0.5, 0.6) is 0 Å². The van der Waals surface area contributed by atoms with E-state index in [1.54, 1.807) is 53.4 Å². The molecule has 1 aliphatic heterocycles. The van der Waals surface area contributed by atoms with Gasteiger partial charge in [0.05, 0.1) is 5.56 Å². The predicted molar refractivity (Wildman–Crippen MR) is 117 cm³/mol. The molecule has 2 aromatic carbocycles. The highest BCUT2D eigenvalue weighted by atomic mass is 16.5. The third kappa shape index (κ3) is 5.57. The number of anilines is 2. The summed E-state index contributed by atoms with van der Waals surface area (Å²) < 4.78 is 5.17. The normalized spacial score (nSPS) is 13.8. The molecular formula is C24H26N2O5. The van der Waals surface area contributed by atoms with Crippen LogP contribution in [0.2, 0.25) is 0 Å². The molecule has 162 valence electrons. The van der Waals surface area contributed by atoms with Crippen molar-refractivity contribution in [2.75, 3.05) is 23.4 Å². The van der Waals surface area contributed by atoms with E-state index in [1.807, 2.05) is 20.8 Å². The Bertz CT molecular complexity index is 1010. The van der Waals surface area contributed by atoms with Crippen molar-refractivity contribution in [3.63, 3.8) is 0 Å². The molecule has 1 saturated heterocycles. The van der Waals surface area contributed by atoms with Gasteiger partial charge in [-0.1, -0.05) is 26.8 Å². The van der Waals surface area contributed by atoms with Crippen molar-refractivity contribution >= 4 is 34.9 Å². The molecule has 0 spiro atoms. The maximum Gasteiger partial charge on any atom is 0.338 e. The summed E-state index contributed by atoms with van der Waals surface area (Å²) in [6, 6.07) is 13.1. The molecular weight excluding hydrogens is 396 g/mol. The zero-order valence-corrected chi connectivity index (χ0v) is 17.9. The first-order chi connectivity index (χ1) is 14.6. The van der Waals surface area contributed by atoms with Crippen molar-refractivity contribution < 1.29 is 23.9 Å². The molecule has 7 nitrogen and oxygen atoms in total. The Balaban J connectivity index is 1.57. The number of benzene rings is 2. The number of rotatable bonds is 6. The van der Waals surface area contributed by atoms with Crippen molar-refractivity contribution in [1.29, 1.82) is 0 Å². The minimum Gasteiger partial charge on any atom is -0.454 e. The van der Waals surface area contributed by atoms with E-state index in [1.165, 1.54) is 0 Å². The SMILES string of the molecule is CC(C)(C)C(=O)Nc1ccc(C(=O)COC(=O)c2cccc(N3CCCC3=O)c2)cc1. The van der Waals surface area contributed by atoms with Crippen LogP contribution in [0.15, 0.2) is 48.5 Å². The molecule has 0 atom stereocenters. The van der Waals surface area contributed by atoms with Gasteiger partial charge in [0.25, 0.3) is 0 Å². The van der Waals surface area contributed by atoms with Gasteiger partial charge in [0.1, 0.15) is 0 Å². The second-order valence-electron chi connectivity index (χ2n) is 8.48. The van der Waals surface area contributed by atoms with Crippen LogP contribution in [0, 0.1) is 5.41 Å². The zero-order chi connectivity index (χ0) is 22.6. The number of carbonyl (C=O) groups excluding carboxylic acids is 4. The number of amides is 2. The Hall–Kier alpha value is -3.48. The molecule has 1 aliphatic rings. The zero-order valence-electron chi connectivity index (χ0n) is 17.9. The van der Waals surface area contributed by atoms with Crippen LogP contribution in [0.25, 0.3) is 0 Å². The lowest BCUT2D eigenvalue weighted by Crippen LogP contribution is -2.27. The lowest BCUT2D eigenvalue weighted by atomic mass is 9.95. The van der Waals surface area contributed by atoms with E-state index in [0.29, 0.717) is 29.9 Å². The molecule has 1 heterocycles. The molecule has 1 fully saturated rings. The van der Waals surface area contributed by atoms with Gasteiger partial charge in [-0.05, 0) is 48.9 Å². The Kier molecular flexibility index (Phi) is 6.53. The molecule has 0 bridgehead atoms. The monoisotopic (exact) mass is 422 g/mol. The van der Waals surface area contributed by atoms with E-state index in [9.17, 15) is 19.2 Å². The summed E-state index contributed by atoms with van der Waals surface area (Å²) >= 11 is 0. The first-order valence-corrected chi connectivity index (χ1v) is 10.2. The topological polar surface area (TPSA) is 92.8 Å². The summed E-state index contributed by atoms with van der Waals surface area (Å²) in [6.45, 7) is 5.66. The first-order valence-electron chi connectivity index (χ1n) is 10.2. The standard InChI is InChI=1S/C24H26N2O5/c1-24(2,3)23(30)25-18-11-9-16(10-12-18)20(27)15-31-22(29)17-6-4-7-19(14-17)26-13-5-8-21(26)28/h4,6-7,9-12,14H,5,8,13,15H2,1-3H3,(H,25,30). The van der Waals surface area contributed by atoms with E-state index in [0.717, 1.165) is 6.42 Å². The second kappa shape index (κ2) is 9.12. The summed E-state index contributed by atoms with van der Waals surface area (Å²) in [4.78, 5) is 50.3. The van der Waals surface area contributed by atoms with Crippen molar-refractivity contribution in [2.24, 2.45) is 5.41 Å². The van der Waals surface area contributed by atoms with Gasteiger partial charge in [-0.25, -0.2) is 4.79 Å². The second-order valence-corrected chi connectivity index (χ2v) is 8.48. The van der Waals surface area contributed by atoms with Gasteiger partial charge in [0.15, 0.2) is 12.4 Å². The van der Waals surface area contributed by atoms with Crippen LogP contribution in [-0.4, -0.2) is 36.7 Å². The van der Waals surface area contributed by atoms with Crippen LogP contribution in [0.4, 0.5) is 11.4 Å². The summed E-state index contributed by atoms with van der Waals surface area (Å²) in [5.74, 6) is -1.08. The largest absolute Gasteiger partial charge is 0.454 e. The van der Waals surface area contributed by atoms with Crippen molar-refractivity contribution in [3.8, 4) is 0 Å². The van der Waals surface area contributed by atoms with Gasteiger partial charge in [-0.3, -0.25) is 14.4 Å². The molecule has 2 aromatic rings. The minimum absolute atomic E-state index is 0.0304. The van der Waals surface area contributed by atoms with E-state index in [2.05, 4.69) is 5.32 Å². The van der Waals surface area contributed by atoms with E-state index < -0.39 is 18.0 Å². The quantitative estimate of drug-likeness (QED) is 0.564. The van der Waals surface area contributed by atoms with Gasteiger partial charge in [-0.2, -0.15) is 0 Å².